The molecule has 2 N–H and O–H groups in total. The van der Waals surface area contributed by atoms with Crippen LogP contribution in [-0.4, -0.2) is 6.54 Å². The van der Waals surface area contributed by atoms with E-state index >= 15 is 0 Å². The molecule has 0 aromatic carbocycles. The van der Waals surface area contributed by atoms with Crippen LogP contribution >= 0.6 is 22.7 Å². The fourth-order valence-corrected chi connectivity index (χ4v) is 3.01. The molecule has 0 saturated heterocycles. The molecule has 0 aliphatic rings. The predicted molar refractivity (Wildman–Crippen MR) is 70.3 cm³/mol. The SMILES string of the molecule is CC(=Cc1cc(-c2cccs2)cs1)CN. The summed E-state index contributed by atoms with van der Waals surface area (Å²) in [5.41, 5.74) is 8.09. The number of thiophene rings is 2. The second-order valence-corrected chi connectivity index (χ2v) is 5.30. The van der Waals surface area contributed by atoms with Gasteiger partial charge in [0.25, 0.3) is 0 Å². The number of nitrogens with two attached hydrogens (primary N) is 1. The van der Waals surface area contributed by atoms with Crippen molar-refractivity contribution in [3.63, 3.8) is 0 Å². The first-order chi connectivity index (χ1) is 7.29. The first kappa shape index (κ1) is 10.6. The van der Waals surface area contributed by atoms with Crippen molar-refractivity contribution in [3.8, 4) is 10.4 Å². The van der Waals surface area contributed by atoms with E-state index in [9.17, 15) is 0 Å². The fourth-order valence-electron chi connectivity index (χ4n) is 1.30. The average molecular weight is 235 g/mol. The summed E-state index contributed by atoms with van der Waals surface area (Å²) in [5, 5.41) is 4.30. The Morgan fingerprint density at radius 3 is 3.00 bits per heavy atom. The highest BCUT2D eigenvalue weighted by atomic mass is 32.1. The second-order valence-electron chi connectivity index (χ2n) is 3.41. The van der Waals surface area contributed by atoms with Crippen LogP contribution < -0.4 is 5.73 Å². The molecule has 0 unspecified atom stereocenters. The molecule has 3 heteroatoms. The van der Waals surface area contributed by atoms with Gasteiger partial charge >= 0.3 is 0 Å². The van der Waals surface area contributed by atoms with Gasteiger partial charge in [0, 0.05) is 21.9 Å². The highest BCUT2D eigenvalue weighted by molar-refractivity contribution is 7.15. The van der Waals surface area contributed by atoms with Gasteiger partial charge in [-0.3, -0.25) is 0 Å². The lowest BCUT2D eigenvalue weighted by Crippen LogP contribution is -1.98. The molecule has 0 radical (unpaired) electrons. The third kappa shape index (κ3) is 2.56. The fraction of sp³-hybridized carbons (Fsp3) is 0.167. The van der Waals surface area contributed by atoms with Gasteiger partial charge in [0.05, 0.1) is 0 Å². The first-order valence-electron chi connectivity index (χ1n) is 4.79. The second kappa shape index (κ2) is 4.75. The van der Waals surface area contributed by atoms with Gasteiger partial charge in [-0.25, -0.2) is 0 Å². The van der Waals surface area contributed by atoms with Crippen molar-refractivity contribution in [3.05, 3.63) is 39.4 Å². The minimum Gasteiger partial charge on any atom is -0.327 e. The standard InChI is InChI=1S/C12H13NS2/c1-9(7-13)5-11-6-10(8-15-11)12-3-2-4-14-12/h2-6,8H,7,13H2,1H3. The Balaban J connectivity index is 2.25. The lowest BCUT2D eigenvalue weighted by molar-refractivity contribution is 1.15. The monoisotopic (exact) mass is 235 g/mol. The molecule has 0 spiro atoms. The quantitative estimate of drug-likeness (QED) is 0.859. The average Bonchev–Trinajstić information content (AvgIpc) is 2.85. The Bertz CT molecular complexity index is 452. The summed E-state index contributed by atoms with van der Waals surface area (Å²) < 4.78 is 0. The van der Waals surface area contributed by atoms with E-state index < -0.39 is 0 Å². The van der Waals surface area contributed by atoms with Crippen LogP contribution in [0.1, 0.15) is 11.8 Å². The van der Waals surface area contributed by atoms with Crippen molar-refractivity contribution < 1.29 is 0 Å². The van der Waals surface area contributed by atoms with Gasteiger partial charge in [-0.1, -0.05) is 11.6 Å². The van der Waals surface area contributed by atoms with Crippen molar-refractivity contribution in [1.29, 1.82) is 0 Å². The molecule has 0 amide bonds. The molecule has 2 aromatic heterocycles. The third-order valence-electron chi connectivity index (χ3n) is 2.14. The van der Waals surface area contributed by atoms with E-state index in [1.54, 1.807) is 22.7 Å². The molecule has 1 nitrogen and oxygen atoms in total. The van der Waals surface area contributed by atoms with Gasteiger partial charge in [0.15, 0.2) is 0 Å². The predicted octanol–water partition coefficient (Wildman–Crippen LogP) is 3.84. The highest BCUT2D eigenvalue weighted by Crippen LogP contribution is 2.30. The lowest BCUT2D eigenvalue weighted by atomic mass is 10.2. The molecular formula is C12H13NS2. The smallest absolute Gasteiger partial charge is 0.0351 e. The van der Waals surface area contributed by atoms with Crippen LogP contribution in [0.15, 0.2) is 34.5 Å². The minimum atomic E-state index is 0.631. The maximum absolute atomic E-state index is 5.56. The number of hydrogen-bond acceptors (Lipinski definition) is 3. The third-order valence-corrected chi connectivity index (χ3v) is 3.93. The Labute approximate surface area is 97.9 Å². The molecule has 2 aromatic rings. The normalized spacial score (nSPS) is 12.0. The Morgan fingerprint density at radius 1 is 1.47 bits per heavy atom. The summed E-state index contributed by atoms with van der Waals surface area (Å²) in [7, 11) is 0. The van der Waals surface area contributed by atoms with Gasteiger partial charge in [-0.15, -0.1) is 22.7 Å². The zero-order valence-electron chi connectivity index (χ0n) is 8.57. The Morgan fingerprint density at radius 2 is 2.33 bits per heavy atom. The van der Waals surface area contributed by atoms with E-state index in [0.29, 0.717) is 6.54 Å². The van der Waals surface area contributed by atoms with Gasteiger partial charge in [-0.2, -0.15) is 0 Å². The molecule has 0 atom stereocenters. The molecule has 0 fully saturated rings. The summed E-state index contributed by atoms with van der Waals surface area (Å²) in [6.07, 6.45) is 2.15. The van der Waals surface area contributed by atoms with E-state index in [4.69, 9.17) is 5.73 Å². The molecular weight excluding hydrogens is 222 g/mol. The molecule has 15 heavy (non-hydrogen) atoms. The van der Waals surface area contributed by atoms with Crippen molar-refractivity contribution in [1.82, 2.24) is 0 Å². The summed E-state index contributed by atoms with van der Waals surface area (Å²) in [5.74, 6) is 0. The van der Waals surface area contributed by atoms with E-state index in [-0.39, 0.29) is 0 Å². The van der Waals surface area contributed by atoms with Crippen LogP contribution in [-0.2, 0) is 0 Å². The minimum absolute atomic E-state index is 0.631. The van der Waals surface area contributed by atoms with E-state index in [1.165, 1.54) is 20.9 Å². The van der Waals surface area contributed by atoms with Crippen molar-refractivity contribution >= 4 is 28.7 Å². The number of rotatable bonds is 3. The summed E-state index contributed by atoms with van der Waals surface area (Å²) in [6.45, 7) is 2.69. The largest absolute Gasteiger partial charge is 0.327 e. The zero-order chi connectivity index (χ0) is 10.7. The van der Waals surface area contributed by atoms with Crippen molar-refractivity contribution in [2.75, 3.05) is 6.54 Å². The Kier molecular flexibility index (Phi) is 3.36. The van der Waals surface area contributed by atoms with Crippen molar-refractivity contribution in [2.45, 2.75) is 6.92 Å². The van der Waals surface area contributed by atoms with Crippen LogP contribution in [0.4, 0.5) is 0 Å². The van der Waals surface area contributed by atoms with Gasteiger partial charge in [-0.05, 0) is 35.9 Å². The van der Waals surface area contributed by atoms with Gasteiger partial charge < -0.3 is 5.73 Å². The zero-order valence-corrected chi connectivity index (χ0v) is 10.2. The van der Waals surface area contributed by atoms with Gasteiger partial charge in [0.1, 0.15) is 0 Å². The van der Waals surface area contributed by atoms with Crippen LogP contribution in [0.25, 0.3) is 16.5 Å². The van der Waals surface area contributed by atoms with Gasteiger partial charge in [0.2, 0.25) is 0 Å². The summed E-state index contributed by atoms with van der Waals surface area (Å²) in [4.78, 5) is 2.61. The summed E-state index contributed by atoms with van der Waals surface area (Å²) >= 11 is 3.54. The topological polar surface area (TPSA) is 26.0 Å². The van der Waals surface area contributed by atoms with E-state index in [1.807, 2.05) is 0 Å². The maximum atomic E-state index is 5.56. The van der Waals surface area contributed by atoms with Crippen molar-refractivity contribution in [2.24, 2.45) is 5.73 Å². The Hall–Kier alpha value is -0.900. The lowest BCUT2D eigenvalue weighted by Gasteiger charge is -1.92. The number of hydrogen-bond donors (Lipinski definition) is 1. The highest BCUT2D eigenvalue weighted by Gasteiger charge is 2.01. The molecule has 0 saturated carbocycles. The van der Waals surface area contributed by atoms with Crippen LogP contribution in [0.2, 0.25) is 0 Å². The first-order valence-corrected chi connectivity index (χ1v) is 6.55. The molecule has 0 aliphatic carbocycles. The molecule has 0 bridgehead atoms. The van der Waals surface area contributed by atoms with E-state index in [0.717, 1.165) is 0 Å². The molecule has 78 valence electrons. The van der Waals surface area contributed by atoms with E-state index in [2.05, 4.69) is 42.0 Å². The van der Waals surface area contributed by atoms with Crippen LogP contribution in [0, 0.1) is 0 Å². The van der Waals surface area contributed by atoms with Crippen LogP contribution in [0.5, 0.6) is 0 Å². The molecule has 2 heterocycles. The summed E-state index contributed by atoms with van der Waals surface area (Å²) in [6, 6.07) is 6.45. The maximum Gasteiger partial charge on any atom is 0.0351 e. The molecule has 2 rings (SSSR count). The van der Waals surface area contributed by atoms with Crippen LogP contribution in [0.3, 0.4) is 0 Å². The molecule has 0 aliphatic heterocycles.